The van der Waals surface area contributed by atoms with Crippen molar-refractivity contribution >= 4 is 16.8 Å². The number of ether oxygens (including phenoxy) is 1. The van der Waals surface area contributed by atoms with Crippen LogP contribution in [0.4, 0.5) is 0 Å². The van der Waals surface area contributed by atoms with E-state index in [1.165, 1.54) is 6.42 Å². The van der Waals surface area contributed by atoms with E-state index in [1.807, 2.05) is 24.4 Å². The van der Waals surface area contributed by atoms with Crippen LogP contribution in [0.15, 0.2) is 28.8 Å². The van der Waals surface area contributed by atoms with Crippen molar-refractivity contribution < 1.29 is 13.9 Å². The number of nitrogens with zero attached hydrogens (tertiary/aromatic N) is 1. The zero-order valence-electron chi connectivity index (χ0n) is 15.1. The Morgan fingerprint density at radius 1 is 1.42 bits per heavy atom. The fourth-order valence-electron chi connectivity index (χ4n) is 3.34. The van der Waals surface area contributed by atoms with Crippen LogP contribution < -0.4 is 10.1 Å². The Balaban J connectivity index is 1.40. The Morgan fingerprint density at radius 2 is 2.27 bits per heavy atom. The Kier molecular flexibility index (Phi) is 4.41. The van der Waals surface area contributed by atoms with Gasteiger partial charge in [0.2, 0.25) is 0 Å². The summed E-state index contributed by atoms with van der Waals surface area (Å²) in [6, 6.07) is 5.93. The highest BCUT2D eigenvalue weighted by molar-refractivity contribution is 5.93. The number of rotatable bonds is 6. The molecular weight excluding hydrogens is 330 g/mol. The predicted octanol–water partition coefficient (Wildman–Crippen LogP) is 3.71. The van der Waals surface area contributed by atoms with Gasteiger partial charge in [-0.05, 0) is 49.9 Å². The van der Waals surface area contributed by atoms with Crippen molar-refractivity contribution in [2.75, 3.05) is 13.7 Å². The van der Waals surface area contributed by atoms with E-state index in [2.05, 4.69) is 15.3 Å². The molecule has 1 amide bonds. The molecule has 0 saturated heterocycles. The van der Waals surface area contributed by atoms with Crippen LogP contribution in [0, 0.1) is 6.92 Å². The summed E-state index contributed by atoms with van der Waals surface area (Å²) in [5.41, 5.74) is 2.61. The molecule has 0 spiro atoms. The molecule has 1 aliphatic rings. The topological polar surface area (TPSA) is 80.1 Å². The van der Waals surface area contributed by atoms with Crippen LogP contribution in [-0.2, 0) is 6.42 Å². The third-order valence-electron chi connectivity index (χ3n) is 5.14. The second kappa shape index (κ2) is 6.86. The molecule has 3 aromatic rings. The molecule has 2 N–H and O–H groups in total. The number of aromatic nitrogens is 2. The SMILES string of the molecule is COc1ccc2[nH]cc(CCNC(=O)c3nc(C4CCC4)oc3C)c2c1. The lowest BCUT2D eigenvalue weighted by molar-refractivity contribution is 0.0948. The number of aryl methyl sites for hydroxylation is 1. The number of carbonyl (C=O) groups is 1. The summed E-state index contributed by atoms with van der Waals surface area (Å²) < 4.78 is 11.0. The highest BCUT2D eigenvalue weighted by Crippen LogP contribution is 2.36. The number of methoxy groups -OCH3 is 1. The van der Waals surface area contributed by atoms with Gasteiger partial charge in [-0.15, -0.1) is 0 Å². The van der Waals surface area contributed by atoms with E-state index >= 15 is 0 Å². The molecule has 2 aromatic heterocycles. The fraction of sp³-hybridized carbons (Fsp3) is 0.400. The molecule has 1 fully saturated rings. The molecule has 1 aliphatic carbocycles. The third kappa shape index (κ3) is 3.07. The first-order chi connectivity index (χ1) is 12.7. The molecule has 26 heavy (non-hydrogen) atoms. The normalized spacial score (nSPS) is 14.4. The molecule has 136 valence electrons. The minimum atomic E-state index is -0.172. The first kappa shape index (κ1) is 16.7. The standard InChI is InChI=1S/C20H23N3O3/c1-12-18(23-20(26-12)13-4-3-5-13)19(24)21-9-8-14-11-22-17-7-6-15(25-2)10-16(14)17/h6-7,10-11,13,22H,3-5,8-9H2,1-2H3,(H,21,24). The zero-order valence-corrected chi connectivity index (χ0v) is 15.1. The molecule has 0 aliphatic heterocycles. The fourth-order valence-corrected chi connectivity index (χ4v) is 3.34. The van der Waals surface area contributed by atoms with Crippen molar-refractivity contribution in [2.24, 2.45) is 0 Å². The molecule has 1 aromatic carbocycles. The average Bonchev–Trinajstić information content (AvgIpc) is 3.16. The summed E-state index contributed by atoms with van der Waals surface area (Å²) in [7, 11) is 1.66. The van der Waals surface area contributed by atoms with Crippen molar-refractivity contribution in [3.05, 3.63) is 47.3 Å². The minimum Gasteiger partial charge on any atom is -0.497 e. The lowest BCUT2D eigenvalue weighted by atomic mass is 9.85. The first-order valence-electron chi connectivity index (χ1n) is 9.05. The van der Waals surface area contributed by atoms with Crippen LogP contribution in [0.2, 0.25) is 0 Å². The molecule has 0 atom stereocenters. The number of aromatic amines is 1. The summed E-state index contributed by atoms with van der Waals surface area (Å²) in [6.45, 7) is 2.34. The maximum atomic E-state index is 12.4. The van der Waals surface area contributed by atoms with Gasteiger partial charge in [-0.1, -0.05) is 6.42 Å². The van der Waals surface area contributed by atoms with Crippen molar-refractivity contribution in [3.63, 3.8) is 0 Å². The predicted molar refractivity (Wildman–Crippen MR) is 98.7 cm³/mol. The largest absolute Gasteiger partial charge is 0.497 e. The summed E-state index contributed by atoms with van der Waals surface area (Å²) in [4.78, 5) is 20.1. The second-order valence-electron chi connectivity index (χ2n) is 6.82. The Hall–Kier alpha value is -2.76. The maximum Gasteiger partial charge on any atom is 0.273 e. The molecule has 4 rings (SSSR count). The Morgan fingerprint density at radius 3 is 3.00 bits per heavy atom. The smallest absolute Gasteiger partial charge is 0.273 e. The van der Waals surface area contributed by atoms with E-state index in [1.54, 1.807) is 14.0 Å². The number of oxazole rings is 1. The maximum absolute atomic E-state index is 12.4. The van der Waals surface area contributed by atoms with Gasteiger partial charge in [0, 0.05) is 29.6 Å². The van der Waals surface area contributed by atoms with Gasteiger partial charge in [-0.3, -0.25) is 4.79 Å². The van der Waals surface area contributed by atoms with Crippen LogP contribution in [0.3, 0.4) is 0 Å². The summed E-state index contributed by atoms with van der Waals surface area (Å²) >= 11 is 0. The number of amides is 1. The third-order valence-corrected chi connectivity index (χ3v) is 5.14. The van der Waals surface area contributed by atoms with Crippen LogP contribution in [-0.4, -0.2) is 29.5 Å². The number of H-pyrrole nitrogens is 1. The molecule has 0 radical (unpaired) electrons. The van der Waals surface area contributed by atoms with E-state index < -0.39 is 0 Å². The molecule has 6 nitrogen and oxygen atoms in total. The van der Waals surface area contributed by atoms with Gasteiger partial charge in [0.25, 0.3) is 5.91 Å². The minimum absolute atomic E-state index is 0.172. The van der Waals surface area contributed by atoms with Gasteiger partial charge in [-0.25, -0.2) is 4.98 Å². The van der Waals surface area contributed by atoms with E-state index in [9.17, 15) is 4.79 Å². The van der Waals surface area contributed by atoms with Crippen molar-refractivity contribution in [2.45, 2.75) is 38.5 Å². The van der Waals surface area contributed by atoms with E-state index in [0.717, 1.165) is 41.5 Å². The number of nitrogens with one attached hydrogen (secondary N) is 2. The lowest BCUT2D eigenvalue weighted by Gasteiger charge is -2.21. The van der Waals surface area contributed by atoms with Gasteiger partial charge >= 0.3 is 0 Å². The highest BCUT2D eigenvalue weighted by Gasteiger charge is 2.27. The highest BCUT2D eigenvalue weighted by atomic mass is 16.5. The van der Waals surface area contributed by atoms with E-state index in [0.29, 0.717) is 29.8 Å². The quantitative estimate of drug-likeness (QED) is 0.708. The van der Waals surface area contributed by atoms with Crippen molar-refractivity contribution in [3.8, 4) is 5.75 Å². The molecule has 2 heterocycles. The molecule has 0 unspecified atom stereocenters. The van der Waals surface area contributed by atoms with Crippen LogP contribution in [0.25, 0.3) is 10.9 Å². The van der Waals surface area contributed by atoms with Gasteiger partial charge in [0.1, 0.15) is 11.5 Å². The van der Waals surface area contributed by atoms with Gasteiger partial charge in [-0.2, -0.15) is 0 Å². The monoisotopic (exact) mass is 353 g/mol. The average molecular weight is 353 g/mol. The van der Waals surface area contributed by atoms with Crippen LogP contribution in [0.1, 0.15) is 52.9 Å². The molecule has 6 heteroatoms. The summed E-state index contributed by atoms with van der Waals surface area (Å²) in [5, 5.41) is 4.07. The van der Waals surface area contributed by atoms with Crippen LogP contribution >= 0.6 is 0 Å². The van der Waals surface area contributed by atoms with Crippen molar-refractivity contribution in [1.82, 2.24) is 15.3 Å². The van der Waals surface area contributed by atoms with Gasteiger partial charge < -0.3 is 19.5 Å². The summed E-state index contributed by atoms with van der Waals surface area (Å²) in [5.74, 6) is 2.35. The number of hydrogen-bond acceptors (Lipinski definition) is 4. The van der Waals surface area contributed by atoms with E-state index in [4.69, 9.17) is 9.15 Å². The number of hydrogen-bond donors (Lipinski definition) is 2. The van der Waals surface area contributed by atoms with Gasteiger partial charge in [0.05, 0.1) is 7.11 Å². The van der Waals surface area contributed by atoms with Crippen molar-refractivity contribution in [1.29, 1.82) is 0 Å². The Bertz CT molecular complexity index is 937. The van der Waals surface area contributed by atoms with Gasteiger partial charge in [0.15, 0.2) is 11.6 Å². The lowest BCUT2D eigenvalue weighted by Crippen LogP contribution is -2.26. The number of fused-ring (bicyclic) bond motifs is 1. The molecule has 1 saturated carbocycles. The second-order valence-corrected chi connectivity index (χ2v) is 6.82. The summed E-state index contributed by atoms with van der Waals surface area (Å²) in [6.07, 6.45) is 6.12. The molecular formula is C20H23N3O3. The van der Waals surface area contributed by atoms with E-state index in [-0.39, 0.29) is 5.91 Å². The molecule has 0 bridgehead atoms. The Labute approximate surface area is 151 Å². The zero-order chi connectivity index (χ0) is 18.1. The number of benzene rings is 1. The van der Waals surface area contributed by atoms with Crippen LogP contribution in [0.5, 0.6) is 5.75 Å². The first-order valence-corrected chi connectivity index (χ1v) is 9.05. The number of carbonyl (C=O) groups excluding carboxylic acids is 1.